The Hall–Kier alpha value is -3.04. The lowest BCUT2D eigenvalue weighted by Gasteiger charge is -2.20. The maximum atomic E-state index is 13.2. The molecule has 0 fully saturated rings. The van der Waals surface area contributed by atoms with Gasteiger partial charge in [0.15, 0.2) is 11.0 Å². The average molecular weight is 423 g/mol. The van der Waals surface area contributed by atoms with Crippen LogP contribution in [0.15, 0.2) is 64.5 Å². The number of hydrogen-bond donors (Lipinski definition) is 0. The fraction of sp³-hybridized carbons (Fsp3) is 0.286. The first-order valence-corrected chi connectivity index (χ1v) is 10.5. The van der Waals surface area contributed by atoms with Crippen LogP contribution in [-0.4, -0.2) is 43.5 Å². The summed E-state index contributed by atoms with van der Waals surface area (Å²) in [5.74, 6) is 0.680. The highest BCUT2D eigenvalue weighted by molar-refractivity contribution is 7.99. The molecule has 0 saturated carbocycles. The van der Waals surface area contributed by atoms with E-state index in [9.17, 15) is 4.79 Å². The van der Waals surface area contributed by atoms with Crippen LogP contribution in [0.3, 0.4) is 0 Å². The zero-order valence-electron chi connectivity index (χ0n) is 17.0. The second-order valence-corrected chi connectivity index (χ2v) is 8.24. The second-order valence-electron chi connectivity index (χ2n) is 6.94. The number of fused-ring (bicyclic) bond motifs is 1. The molecule has 2 heterocycles. The Morgan fingerprint density at radius 3 is 2.57 bits per heavy atom. The average Bonchev–Trinajstić information content (AvgIpc) is 3.25. The minimum Gasteiger partial charge on any atom is -0.383 e. The van der Waals surface area contributed by atoms with Crippen LogP contribution in [0.1, 0.15) is 31.0 Å². The van der Waals surface area contributed by atoms with Gasteiger partial charge in [0, 0.05) is 7.11 Å². The molecule has 8 nitrogen and oxygen atoms in total. The van der Waals surface area contributed by atoms with Gasteiger partial charge in [-0.1, -0.05) is 42.1 Å². The maximum Gasteiger partial charge on any atom is 0.262 e. The molecule has 0 aliphatic carbocycles. The van der Waals surface area contributed by atoms with Crippen LogP contribution >= 0.6 is 11.8 Å². The Balaban J connectivity index is 1.76. The molecule has 4 rings (SSSR count). The van der Waals surface area contributed by atoms with Gasteiger partial charge in [-0.25, -0.2) is 4.98 Å². The molecule has 9 heteroatoms. The molecule has 2 atom stereocenters. The van der Waals surface area contributed by atoms with E-state index in [4.69, 9.17) is 9.72 Å². The van der Waals surface area contributed by atoms with Gasteiger partial charge in [0.2, 0.25) is 0 Å². The van der Waals surface area contributed by atoms with Gasteiger partial charge in [0.25, 0.3) is 5.56 Å². The first-order valence-electron chi connectivity index (χ1n) is 9.60. The summed E-state index contributed by atoms with van der Waals surface area (Å²) in [6.07, 6.45) is 0. The number of ether oxygens (including phenoxy) is 1. The van der Waals surface area contributed by atoms with Crippen molar-refractivity contribution in [3.05, 3.63) is 70.8 Å². The minimum absolute atomic E-state index is 0.0810. The lowest BCUT2D eigenvalue weighted by Crippen LogP contribution is -2.28. The normalized spacial score (nSPS) is 13.4. The molecule has 154 valence electrons. The predicted molar refractivity (Wildman–Crippen MR) is 116 cm³/mol. The highest BCUT2D eigenvalue weighted by atomic mass is 32.2. The molecule has 0 amide bonds. The van der Waals surface area contributed by atoms with Crippen LogP contribution in [0.2, 0.25) is 0 Å². The lowest BCUT2D eigenvalue weighted by atomic mass is 10.2. The number of para-hydroxylation sites is 2. The number of aromatic nitrogens is 6. The van der Waals surface area contributed by atoms with Crippen molar-refractivity contribution in [2.75, 3.05) is 13.7 Å². The fourth-order valence-corrected chi connectivity index (χ4v) is 4.42. The van der Waals surface area contributed by atoms with Crippen LogP contribution in [0, 0.1) is 0 Å². The number of tetrazole rings is 1. The van der Waals surface area contributed by atoms with E-state index in [-0.39, 0.29) is 16.9 Å². The largest absolute Gasteiger partial charge is 0.383 e. The summed E-state index contributed by atoms with van der Waals surface area (Å²) < 4.78 is 8.71. The van der Waals surface area contributed by atoms with Gasteiger partial charge in [-0.05, 0) is 48.5 Å². The topological polar surface area (TPSA) is 87.7 Å². The van der Waals surface area contributed by atoms with Crippen molar-refractivity contribution in [3.63, 3.8) is 0 Å². The number of nitrogens with zero attached hydrogens (tertiary/aromatic N) is 6. The van der Waals surface area contributed by atoms with Gasteiger partial charge < -0.3 is 4.74 Å². The van der Waals surface area contributed by atoms with E-state index < -0.39 is 0 Å². The van der Waals surface area contributed by atoms with Crippen molar-refractivity contribution >= 4 is 22.7 Å². The molecule has 0 spiro atoms. The van der Waals surface area contributed by atoms with Crippen molar-refractivity contribution in [1.29, 1.82) is 0 Å². The van der Waals surface area contributed by atoms with Gasteiger partial charge in [0.05, 0.1) is 34.5 Å². The monoisotopic (exact) mass is 422 g/mol. The van der Waals surface area contributed by atoms with Gasteiger partial charge in [0.1, 0.15) is 0 Å². The van der Waals surface area contributed by atoms with E-state index in [1.54, 1.807) is 22.4 Å². The fourth-order valence-electron chi connectivity index (χ4n) is 3.32. The van der Waals surface area contributed by atoms with E-state index in [2.05, 4.69) is 15.5 Å². The Morgan fingerprint density at radius 2 is 1.80 bits per heavy atom. The van der Waals surface area contributed by atoms with Crippen molar-refractivity contribution in [3.8, 4) is 5.69 Å². The van der Waals surface area contributed by atoms with Gasteiger partial charge >= 0.3 is 0 Å². The number of rotatable bonds is 7. The van der Waals surface area contributed by atoms with E-state index >= 15 is 0 Å². The summed E-state index contributed by atoms with van der Waals surface area (Å²) in [7, 11) is 1.62. The Morgan fingerprint density at radius 1 is 1.07 bits per heavy atom. The first-order chi connectivity index (χ1) is 14.6. The van der Waals surface area contributed by atoms with E-state index in [1.807, 2.05) is 62.4 Å². The zero-order chi connectivity index (χ0) is 21.1. The Labute approximate surface area is 177 Å². The van der Waals surface area contributed by atoms with Crippen LogP contribution in [0.25, 0.3) is 16.6 Å². The molecule has 0 bridgehead atoms. The first kappa shape index (κ1) is 20.2. The minimum atomic E-state index is -0.167. The summed E-state index contributed by atoms with van der Waals surface area (Å²) in [6, 6.07) is 16.9. The third-order valence-electron chi connectivity index (χ3n) is 4.76. The number of benzene rings is 2. The smallest absolute Gasteiger partial charge is 0.262 e. The Kier molecular flexibility index (Phi) is 5.91. The molecule has 4 aromatic rings. The summed E-state index contributed by atoms with van der Waals surface area (Å²) in [5, 5.41) is 13.3. The highest BCUT2D eigenvalue weighted by Crippen LogP contribution is 2.34. The molecule has 0 saturated heterocycles. The molecular weight excluding hydrogens is 400 g/mol. The number of hydrogen-bond acceptors (Lipinski definition) is 7. The molecule has 2 aromatic heterocycles. The molecule has 30 heavy (non-hydrogen) atoms. The van der Waals surface area contributed by atoms with Gasteiger partial charge in [-0.15, -0.1) is 5.10 Å². The SMILES string of the molecule is COCC(C)n1c(SC(C)c2nnnn2-c2ccccc2)nc2ccccc2c1=O. The lowest BCUT2D eigenvalue weighted by molar-refractivity contribution is 0.156. The summed E-state index contributed by atoms with van der Waals surface area (Å²) in [5.41, 5.74) is 1.46. The summed E-state index contributed by atoms with van der Waals surface area (Å²) in [4.78, 5) is 18.0. The Bertz CT molecular complexity index is 1210. The molecule has 0 N–H and O–H groups in total. The second kappa shape index (κ2) is 8.76. The van der Waals surface area contributed by atoms with E-state index in [0.29, 0.717) is 28.5 Å². The number of methoxy groups -OCH3 is 1. The zero-order valence-corrected chi connectivity index (χ0v) is 17.8. The summed E-state index contributed by atoms with van der Waals surface area (Å²) >= 11 is 1.45. The quantitative estimate of drug-likeness (QED) is 0.333. The molecule has 2 aromatic carbocycles. The molecular formula is C21H22N6O2S. The van der Waals surface area contributed by atoms with Crippen molar-refractivity contribution in [2.24, 2.45) is 0 Å². The van der Waals surface area contributed by atoms with Crippen molar-refractivity contribution in [1.82, 2.24) is 29.8 Å². The molecule has 0 radical (unpaired) electrons. The van der Waals surface area contributed by atoms with Gasteiger partial charge in [-0.2, -0.15) is 4.68 Å². The summed E-state index contributed by atoms with van der Waals surface area (Å²) in [6.45, 7) is 4.36. The van der Waals surface area contributed by atoms with Crippen molar-refractivity contribution < 1.29 is 4.74 Å². The highest BCUT2D eigenvalue weighted by Gasteiger charge is 2.22. The van der Waals surface area contributed by atoms with Crippen LogP contribution < -0.4 is 5.56 Å². The van der Waals surface area contributed by atoms with Crippen LogP contribution in [0.4, 0.5) is 0 Å². The van der Waals surface area contributed by atoms with Crippen LogP contribution in [-0.2, 0) is 4.74 Å². The van der Waals surface area contributed by atoms with E-state index in [1.165, 1.54) is 11.8 Å². The maximum absolute atomic E-state index is 13.2. The van der Waals surface area contributed by atoms with Gasteiger partial charge in [-0.3, -0.25) is 9.36 Å². The molecule has 0 aliphatic heterocycles. The third-order valence-corrected chi connectivity index (χ3v) is 5.83. The standard InChI is InChI=1S/C21H22N6O2S/c1-14(13-29-3)26-20(28)17-11-7-8-12-18(17)22-21(26)30-15(2)19-23-24-25-27(19)16-9-5-4-6-10-16/h4-12,14-15H,13H2,1-3H3. The van der Waals surface area contributed by atoms with Crippen LogP contribution in [0.5, 0.6) is 0 Å². The van der Waals surface area contributed by atoms with Crippen molar-refractivity contribution in [2.45, 2.75) is 30.3 Å². The van der Waals surface area contributed by atoms with E-state index in [0.717, 1.165) is 5.69 Å². The predicted octanol–water partition coefficient (Wildman–Crippen LogP) is 3.43. The third kappa shape index (κ3) is 3.86. The molecule has 2 unspecified atom stereocenters. The number of thioether (sulfide) groups is 1. The molecule has 0 aliphatic rings.